The smallest absolute Gasteiger partial charge is 0.247 e. The molecule has 0 radical (unpaired) electrons. The molecule has 0 aliphatic rings. The summed E-state index contributed by atoms with van der Waals surface area (Å²) in [5, 5.41) is 6.99. The number of aromatic nitrogens is 4. The number of carbonyl (C=O) groups excluding carboxylic acids is 1. The quantitative estimate of drug-likeness (QED) is 0.739. The topological polar surface area (TPSA) is 98.7 Å². The van der Waals surface area contributed by atoms with Gasteiger partial charge in [0.05, 0.1) is 17.6 Å². The Morgan fingerprint density at radius 3 is 3.22 bits per heavy atom. The van der Waals surface area contributed by atoms with E-state index in [1.807, 2.05) is 0 Å². The molecule has 0 unspecified atom stereocenters. The second-order valence-corrected chi connectivity index (χ2v) is 4.21. The number of hydrogen-bond donors (Lipinski definition) is 2. The Kier molecular flexibility index (Phi) is 4.01. The van der Waals surface area contributed by atoms with E-state index in [0.29, 0.717) is 11.7 Å². The van der Waals surface area contributed by atoms with E-state index in [2.05, 4.69) is 32.2 Å². The molecule has 0 fully saturated rings. The second kappa shape index (κ2) is 5.90. The van der Waals surface area contributed by atoms with Gasteiger partial charge in [-0.1, -0.05) is 23.2 Å². The summed E-state index contributed by atoms with van der Waals surface area (Å²) in [5.74, 6) is 5.35. The highest BCUT2D eigenvalue weighted by Gasteiger charge is 2.06. The highest BCUT2D eigenvalue weighted by atomic mass is 32.1. The van der Waals surface area contributed by atoms with Gasteiger partial charge in [0.25, 0.3) is 0 Å². The summed E-state index contributed by atoms with van der Waals surface area (Å²) in [6.07, 6.45) is 4.44. The van der Waals surface area contributed by atoms with Gasteiger partial charge >= 0.3 is 0 Å². The van der Waals surface area contributed by atoms with Crippen LogP contribution in [0, 0.1) is 11.8 Å². The predicted molar refractivity (Wildman–Crippen MR) is 66.7 cm³/mol. The molecule has 3 N–H and O–H groups in total. The number of nitrogens with one attached hydrogen (secondary N) is 1. The summed E-state index contributed by atoms with van der Waals surface area (Å²) in [7, 11) is 0. The summed E-state index contributed by atoms with van der Waals surface area (Å²) in [6.45, 7) is 0.398. The maximum Gasteiger partial charge on any atom is 0.247 e. The molecule has 0 bridgehead atoms. The molecular weight excluding hydrogens is 252 g/mol. The Hall–Kier alpha value is -2.24. The highest BCUT2D eigenvalue weighted by molar-refractivity contribution is 7.16. The van der Waals surface area contributed by atoms with Crippen molar-refractivity contribution in [2.45, 2.75) is 6.54 Å². The Balaban J connectivity index is 1.93. The lowest BCUT2D eigenvalue weighted by Gasteiger charge is -2.00. The van der Waals surface area contributed by atoms with Gasteiger partial charge in [0.1, 0.15) is 19.2 Å². The van der Waals surface area contributed by atoms with E-state index < -0.39 is 0 Å². The molecule has 0 aliphatic carbocycles. The van der Waals surface area contributed by atoms with E-state index in [-0.39, 0.29) is 12.5 Å². The van der Waals surface area contributed by atoms with Gasteiger partial charge in [-0.15, -0.1) is 0 Å². The van der Waals surface area contributed by atoms with E-state index in [4.69, 9.17) is 5.73 Å². The first-order valence-corrected chi connectivity index (χ1v) is 5.86. The van der Waals surface area contributed by atoms with Gasteiger partial charge in [0.2, 0.25) is 5.91 Å². The molecule has 2 aromatic heterocycles. The Bertz CT molecular complexity index is 579. The van der Waals surface area contributed by atoms with Crippen LogP contribution in [0.4, 0.5) is 5.13 Å². The average Bonchev–Trinajstić information content (AvgIpc) is 2.98. The Morgan fingerprint density at radius 2 is 2.50 bits per heavy atom. The fraction of sp³-hybridized carbons (Fsp3) is 0.200. The SMILES string of the molecule is NCC#Cc1cnc(NC(=O)Cn2cncn2)s1. The van der Waals surface area contributed by atoms with Crippen molar-refractivity contribution in [1.29, 1.82) is 0 Å². The fourth-order valence-electron chi connectivity index (χ4n) is 1.15. The third-order valence-corrected chi connectivity index (χ3v) is 2.67. The van der Waals surface area contributed by atoms with Crippen LogP contribution in [0.1, 0.15) is 4.88 Å². The first kappa shape index (κ1) is 12.2. The molecular formula is C10H10N6OS. The summed E-state index contributed by atoms with van der Waals surface area (Å²) in [4.78, 5) is 20.2. The van der Waals surface area contributed by atoms with Gasteiger partial charge in [0, 0.05) is 0 Å². The summed E-state index contributed by atoms with van der Waals surface area (Å²) in [6, 6.07) is 0. The van der Waals surface area contributed by atoms with Gasteiger partial charge in [-0.3, -0.25) is 4.79 Å². The normalized spacial score (nSPS) is 9.61. The van der Waals surface area contributed by atoms with Crippen LogP contribution in [0.5, 0.6) is 0 Å². The van der Waals surface area contributed by atoms with Crippen molar-refractivity contribution in [2.75, 3.05) is 11.9 Å². The van der Waals surface area contributed by atoms with E-state index in [1.54, 1.807) is 6.20 Å². The van der Waals surface area contributed by atoms with Crippen LogP contribution in [-0.2, 0) is 11.3 Å². The van der Waals surface area contributed by atoms with E-state index in [0.717, 1.165) is 4.88 Å². The van der Waals surface area contributed by atoms with Crippen molar-refractivity contribution in [3.05, 3.63) is 23.7 Å². The number of carbonyl (C=O) groups is 1. The number of thiazole rings is 1. The molecule has 0 atom stereocenters. The first-order chi connectivity index (χ1) is 8.78. The molecule has 18 heavy (non-hydrogen) atoms. The van der Waals surface area contributed by atoms with Crippen molar-refractivity contribution < 1.29 is 4.79 Å². The minimum Gasteiger partial charge on any atom is -0.320 e. The van der Waals surface area contributed by atoms with Crippen molar-refractivity contribution in [1.82, 2.24) is 19.7 Å². The van der Waals surface area contributed by atoms with Crippen molar-refractivity contribution in [2.24, 2.45) is 5.73 Å². The number of nitrogens with two attached hydrogens (primary N) is 1. The highest BCUT2D eigenvalue weighted by Crippen LogP contribution is 2.16. The van der Waals surface area contributed by atoms with Crippen LogP contribution in [0.15, 0.2) is 18.9 Å². The molecule has 7 nitrogen and oxygen atoms in total. The van der Waals surface area contributed by atoms with E-state index in [9.17, 15) is 4.79 Å². The molecule has 8 heteroatoms. The van der Waals surface area contributed by atoms with Gasteiger partial charge in [0.15, 0.2) is 5.13 Å². The largest absolute Gasteiger partial charge is 0.320 e. The number of rotatable bonds is 3. The molecule has 0 aliphatic heterocycles. The molecule has 0 saturated heterocycles. The molecule has 0 saturated carbocycles. The Labute approximate surface area is 107 Å². The average molecular weight is 262 g/mol. The van der Waals surface area contributed by atoms with Crippen molar-refractivity contribution in [3.63, 3.8) is 0 Å². The molecule has 2 rings (SSSR count). The maximum atomic E-state index is 11.6. The monoisotopic (exact) mass is 262 g/mol. The predicted octanol–water partition coefficient (Wildman–Crippen LogP) is -0.317. The number of anilines is 1. The zero-order valence-corrected chi connectivity index (χ0v) is 10.1. The lowest BCUT2D eigenvalue weighted by Crippen LogP contribution is -2.18. The minimum absolute atomic E-state index is 0.101. The van der Waals surface area contributed by atoms with Crippen LogP contribution >= 0.6 is 11.3 Å². The Morgan fingerprint density at radius 1 is 1.61 bits per heavy atom. The van der Waals surface area contributed by atoms with Gasteiger partial charge in [-0.05, 0) is 0 Å². The third kappa shape index (κ3) is 3.38. The summed E-state index contributed by atoms with van der Waals surface area (Å²) < 4.78 is 1.43. The zero-order chi connectivity index (χ0) is 12.8. The van der Waals surface area contributed by atoms with Crippen LogP contribution < -0.4 is 11.1 Å². The zero-order valence-electron chi connectivity index (χ0n) is 9.33. The summed E-state index contributed by atoms with van der Waals surface area (Å²) in [5.41, 5.74) is 5.26. The minimum atomic E-state index is -0.215. The van der Waals surface area contributed by atoms with Crippen molar-refractivity contribution >= 4 is 22.4 Å². The first-order valence-electron chi connectivity index (χ1n) is 5.05. The van der Waals surface area contributed by atoms with Crippen molar-refractivity contribution in [3.8, 4) is 11.8 Å². The van der Waals surface area contributed by atoms with Crippen LogP contribution in [0.3, 0.4) is 0 Å². The molecule has 2 heterocycles. The fourth-order valence-corrected chi connectivity index (χ4v) is 1.86. The number of amides is 1. The van der Waals surface area contributed by atoms with E-state index in [1.165, 1.54) is 28.7 Å². The second-order valence-electron chi connectivity index (χ2n) is 3.18. The van der Waals surface area contributed by atoms with Crippen LogP contribution in [0.25, 0.3) is 0 Å². The van der Waals surface area contributed by atoms with Gasteiger partial charge in [-0.2, -0.15) is 5.10 Å². The van der Waals surface area contributed by atoms with Crippen LogP contribution in [0.2, 0.25) is 0 Å². The van der Waals surface area contributed by atoms with E-state index >= 15 is 0 Å². The van der Waals surface area contributed by atoms with Gasteiger partial charge in [-0.25, -0.2) is 14.6 Å². The molecule has 0 spiro atoms. The number of hydrogen-bond acceptors (Lipinski definition) is 6. The maximum absolute atomic E-state index is 11.6. The number of nitrogens with zero attached hydrogens (tertiary/aromatic N) is 4. The molecule has 0 aromatic carbocycles. The van der Waals surface area contributed by atoms with Gasteiger partial charge < -0.3 is 11.1 Å². The van der Waals surface area contributed by atoms with Crippen LogP contribution in [-0.4, -0.2) is 32.2 Å². The lowest BCUT2D eigenvalue weighted by molar-refractivity contribution is -0.116. The summed E-state index contributed by atoms with van der Waals surface area (Å²) >= 11 is 1.30. The molecule has 1 amide bonds. The third-order valence-electron chi connectivity index (χ3n) is 1.84. The lowest BCUT2D eigenvalue weighted by atomic mass is 10.5. The molecule has 92 valence electrons. The molecule has 2 aromatic rings. The standard InChI is InChI=1S/C10H10N6OS/c11-3-1-2-8-4-13-10(18-8)15-9(17)5-16-7-12-6-14-16/h4,6-7H,3,5,11H2,(H,13,15,17).